The van der Waals surface area contributed by atoms with Crippen molar-refractivity contribution in [2.75, 3.05) is 5.32 Å². The molecule has 2 aromatic heterocycles. The van der Waals surface area contributed by atoms with Gasteiger partial charge in [-0.05, 0) is 35.9 Å². The predicted molar refractivity (Wildman–Crippen MR) is 109 cm³/mol. The molecular formula is C21H13FN4O2S. The molecule has 0 unspecified atom stereocenters. The van der Waals surface area contributed by atoms with Gasteiger partial charge in [0.25, 0.3) is 5.56 Å². The maximum absolute atomic E-state index is 13.2. The predicted octanol–water partition coefficient (Wildman–Crippen LogP) is 3.77. The van der Waals surface area contributed by atoms with Gasteiger partial charge in [0.05, 0.1) is 23.3 Å². The van der Waals surface area contributed by atoms with Crippen molar-refractivity contribution in [3.8, 4) is 17.2 Å². The number of hydrogen-bond donors (Lipinski definition) is 1. The molecule has 0 aliphatic rings. The fourth-order valence-corrected chi connectivity index (χ4v) is 3.85. The summed E-state index contributed by atoms with van der Waals surface area (Å²) in [5.74, 6) is -0.775. The summed E-state index contributed by atoms with van der Waals surface area (Å²) in [6.07, 6.45) is 1.33. The van der Waals surface area contributed by atoms with Crippen molar-refractivity contribution >= 4 is 33.1 Å². The van der Waals surface area contributed by atoms with Gasteiger partial charge in [-0.1, -0.05) is 18.2 Å². The maximum Gasteiger partial charge on any atom is 0.263 e. The largest absolute Gasteiger partial charge is 0.324 e. The topological polar surface area (TPSA) is 87.8 Å². The molecule has 0 radical (unpaired) electrons. The monoisotopic (exact) mass is 404 g/mol. The Kier molecular flexibility index (Phi) is 4.89. The normalized spacial score (nSPS) is 10.6. The van der Waals surface area contributed by atoms with Crippen LogP contribution < -0.4 is 10.9 Å². The number of carbonyl (C=O) groups is 1. The van der Waals surface area contributed by atoms with Crippen LogP contribution in [0.4, 0.5) is 10.1 Å². The van der Waals surface area contributed by atoms with E-state index in [4.69, 9.17) is 5.26 Å². The van der Waals surface area contributed by atoms with Gasteiger partial charge >= 0.3 is 0 Å². The molecule has 142 valence electrons. The Morgan fingerprint density at radius 1 is 1.24 bits per heavy atom. The molecular weight excluding hydrogens is 391 g/mol. The highest BCUT2D eigenvalue weighted by molar-refractivity contribution is 7.17. The molecule has 0 aliphatic heterocycles. The summed E-state index contributed by atoms with van der Waals surface area (Å²) in [5.41, 5.74) is 1.89. The number of hydrogen-bond acceptors (Lipinski definition) is 5. The van der Waals surface area contributed by atoms with Crippen molar-refractivity contribution in [2.24, 2.45) is 0 Å². The number of nitriles is 1. The van der Waals surface area contributed by atoms with E-state index in [1.54, 1.807) is 41.8 Å². The van der Waals surface area contributed by atoms with E-state index in [1.165, 1.54) is 34.4 Å². The van der Waals surface area contributed by atoms with E-state index in [1.807, 2.05) is 6.07 Å². The molecule has 6 nitrogen and oxygen atoms in total. The fourth-order valence-electron chi connectivity index (χ4n) is 2.94. The summed E-state index contributed by atoms with van der Waals surface area (Å²) < 4.78 is 14.4. The molecule has 0 saturated carbocycles. The zero-order valence-electron chi connectivity index (χ0n) is 14.9. The Labute approximate surface area is 168 Å². The molecule has 0 saturated heterocycles. The lowest BCUT2D eigenvalue weighted by Crippen LogP contribution is -2.27. The molecule has 1 amide bonds. The highest BCUT2D eigenvalue weighted by Gasteiger charge is 2.15. The van der Waals surface area contributed by atoms with Gasteiger partial charge in [0.1, 0.15) is 17.2 Å². The molecule has 2 aromatic carbocycles. The minimum atomic E-state index is -0.415. The van der Waals surface area contributed by atoms with E-state index in [0.29, 0.717) is 32.6 Å². The standard InChI is InChI=1S/C21H13FN4O2S/c22-15-6-4-14(5-7-15)17-11-29-20-19(17)21(28)26(12-24-20)10-18(27)25-16-3-1-2-13(8-16)9-23/h1-8,11-12H,10H2,(H,25,27). The highest BCUT2D eigenvalue weighted by atomic mass is 32.1. The number of carbonyl (C=O) groups excluding carboxylic acids is 1. The van der Waals surface area contributed by atoms with Crippen LogP contribution in [0.2, 0.25) is 0 Å². The van der Waals surface area contributed by atoms with E-state index in [2.05, 4.69) is 10.3 Å². The van der Waals surface area contributed by atoms with E-state index >= 15 is 0 Å². The molecule has 8 heteroatoms. The third-order valence-electron chi connectivity index (χ3n) is 4.31. The number of nitrogens with zero attached hydrogens (tertiary/aromatic N) is 3. The molecule has 29 heavy (non-hydrogen) atoms. The van der Waals surface area contributed by atoms with E-state index in [9.17, 15) is 14.0 Å². The maximum atomic E-state index is 13.2. The van der Waals surface area contributed by atoms with Gasteiger partial charge in [-0.25, -0.2) is 9.37 Å². The number of halogens is 1. The number of benzene rings is 2. The number of nitrogens with one attached hydrogen (secondary N) is 1. The second-order valence-corrected chi connectivity index (χ2v) is 7.11. The summed E-state index contributed by atoms with van der Waals surface area (Å²) in [6, 6.07) is 14.4. The third-order valence-corrected chi connectivity index (χ3v) is 5.19. The van der Waals surface area contributed by atoms with E-state index < -0.39 is 5.91 Å². The highest BCUT2D eigenvalue weighted by Crippen LogP contribution is 2.30. The van der Waals surface area contributed by atoms with Gasteiger partial charge in [-0.3, -0.25) is 14.2 Å². The first-order valence-corrected chi connectivity index (χ1v) is 9.46. The smallest absolute Gasteiger partial charge is 0.263 e. The average molecular weight is 404 g/mol. The SMILES string of the molecule is N#Cc1cccc(NC(=O)Cn2cnc3scc(-c4ccc(F)cc4)c3c2=O)c1. The molecule has 4 aromatic rings. The molecule has 2 heterocycles. The Morgan fingerprint density at radius 3 is 2.79 bits per heavy atom. The van der Waals surface area contributed by atoms with Gasteiger partial charge in [0.2, 0.25) is 5.91 Å². The first kappa shape index (κ1) is 18.5. The Bertz CT molecular complexity index is 1320. The second-order valence-electron chi connectivity index (χ2n) is 6.25. The van der Waals surface area contributed by atoms with Crippen molar-refractivity contribution in [1.29, 1.82) is 5.26 Å². The molecule has 0 fully saturated rings. The number of fused-ring (bicyclic) bond motifs is 1. The van der Waals surface area contributed by atoms with Gasteiger partial charge < -0.3 is 5.32 Å². The zero-order chi connectivity index (χ0) is 20.4. The summed E-state index contributed by atoms with van der Waals surface area (Å²) >= 11 is 1.31. The Hall–Kier alpha value is -3.83. The summed E-state index contributed by atoms with van der Waals surface area (Å²) in [7, 11) is 0. The van der Waals surface area contributed by atoms with Crippen LogP contribution in [0.3, 0.4) is 0 Å². The minimum absolute atomic E-state index is 0.225. The van der Waals surface area contributed by atoms with E-state index in [-0.39, 0.29) is 17.9 Å². The lowest BCUT2D eigenvalue weighted by Gasteiger charge is -2.08. The van der Waals surface area contributed by atoms with Crippen LogP contribution in [0.1, 0.15) is 5.56 Å². The Morgan fingerprint density at radius 2 is 2.03 bits per heavy atom. The van der Waals surface area contributed by atoms with Crippen LogP contribution in [0.15, 0.2) is 65.0 Å². The molecule has 0 bridgehead atoms. The van der Waals surface area contributed by atoms with Crippen molar-refractivity contribution in [3.63, 3.8) is 0 Å². The number of rotatable bonds is 4. The summed E-state index contributed by atoms with van der Waals surface area (Å²) in [5, 5.41) is 13.8. The van der Waals surface area contributed by atoms with Gasteiger partial charge in [-0.15, -0.1) is 11.3 Å². The first-order chi connectivity index (χ1) is 14.0. The summed E-state index contributed by atoms with van der Waals surface area (Å²) in [6.45, 7) is -0.225. The van der Waals surface area contributed by atoms with Crippen molar-refractivity contribution < 1.29 is 9.18 Å². The van der Waals surface area contributed by atoms with Crippen molar-refractivity contribution in [2.45, 2.75) is 6.54 Å². The zero-order valence-corrected chi connectivity index (χ0v) is 15.7. The lowest BCUT2D eigenvalue weighted by atomic mass is 10.1. The molecule has 4 rings (SSSR count). The Balaban J connectivity index is 1.64. The lowest BCUT2D eigenvalue weighted by molar-refractivity contribution is -0.116. The van der Waals surface area contributed by atoms with Crippen LogP contribution in [-0.4, -0.2) is 15.5 Å². The third kappa shape index (κ3) is 3.77. The number of aromatic nitrogens is 2. The first-order valence-electron chi connectivity index (χ1n) is 8.58. The van der Waals surface area contributed by atoms with Gasteiger partial charge in [0.15, 0.2) is 0 Å². The van der Waals surface area contributed by atoms with Crippen LogP contribution in [-0.2, 0) is 11.3 Å². The van der Waals surface area contributed by atoms with Crippen LogP contribution in [0, 0.1) is 17.1 Å². The van der Waals surface area contributed by atoms with Crippen LogP contribution >= 0.6 is 11.3 Å². The van der Waals surface area contributed by atoms with Crippen molar-refractivity contribution in [1.82, 2.24) is 9.55 Å². The average Bonchev–Trinajstić information content (AvgIpc) is 3.16. The van der Waals surface area contributed by atoms with Gasteiger partial charge in [0, 0.05) is 16.6 Å². The number of amides is 1. The number of thiophene rings is 1. The quantitative estimate of drug-likeness (QED) is 0.561. The minimum Gasteiger partial charge on any atom is -0.324 e. The summed E-state index contributed by atoms with van der Waals surface area (Å²) in [4.78, 5) is 30.2. The molecule has 0 atom stereocenters. The molecule has 1 N–H and O–H groups in total. The van der Waals surface area contributed by atoms with Gasteiger partial charge in [-0.2, -0.15) is 5.26 Å². The van der Waals surface area contributed by atoms with Crippen molar-refractivity contribution in [3.05, 3.63) is 82.0 Å². The number of anilines is 1. The fraction of sp³-hybridized carbons (Fsp3) is 0.0476. The molecule has 0 spiro atoms. The van der Waals surface area contributed by atoms with Crippen LogP contribution in [0.5, 0.6) is 0 Å². The molecule has 0 aliphatic carbocycles. The van der Waals surface area contributed by atoms with Crippen LogP contribution in [0.25, 0.3) is 21.3 Å². The second kappa shape index (κ2) is 7.66. The van der Waals surface area contributed by atoms with E-state index in [0.717, 1.165) is 0 Å².